The van der Waals surface area contributed by atoms with Gasteiger partial charge >= 0.3 is 0 Å². The second kappa shape index (κ2) is 11.8. The molecule has 1 unspecified atom stereocenters. The smallest absolute Gasteiger partial charge is 0.248 e. The number of nitrogens with zero attached hydrogens (tertiary/aromatic N) is 1. The number of aryl methyl sites for hydroxylation is 1. The van der Waals surface area contributed by atoms with Gasteiger partial charge in [-0.3, -0.25) is 14.5 Å². The molecular weight excluding hydrogens is 460 g/mol. The maximum atomic E-state index is 14.3. The number of carbonyl (C=O) groups is 2. The van der Waals surface area contributed by atoms with Crippen molar-refractivity contribution in [3.8, 4) is 0 Å². The molecule has 0 bridgehead atoms. The largest absolute Gasteiger partial charge is 0.376 e. The molecule has 4 rings (SSSR count). The summed E-state index contributed by atoms with van der Waals surface area (Å²) in [4.78, 5) is 28.9. The van der Waals surface area contributed by atoms with Gasteiger partial charge in [0.2, 0.25) is 11.8 Å². The van der Waals surface area contributed by atoms with Crippen LogP contribution in [0, 0.1) is 18.6 Å². The van der Waals surface area contributed by atoms with E-state index in [0.717, 1.165) is 37.7 Å². The summed E-state index contributed by atoms with van der Waals surface area (Å²) in [6, 6.07) is 17.9. The predicted molar refractivity (Wildman–Crippen MR) is 138 cm³/mol. The zero-order valence-electron chi connectivity index (χ0n) is 20.3. The topological polar surface area (TPSA) is 61.4 Å². The Morgan fingerprint density at radius 3 is 2.31 bits per heavy atom. The third kappa shape index (κ3) is 6.27. The lowest BCUT2D eigenvalue weighted by atomic mass is 9.93. The fraction of sp³-hybridized carbons (Fsp3) is 0.310. The minimum Gasteiger partial charge on any atom is -0.376 e. The Balaban J connectivity index is 1.71. The standard InChI is InChI=1S/C29H31F2N3O2/c1-20-9-5-6-16-26(20)28(29(36)33-23-12-3-2-4-13-23)34(25-15-8-11-22(31)18-25)27(35)19-32-24-14-7-10-21(30)17-24/h5-11,14-18,23,28,32H,2-4,12-13,19H2,1H3,(H,33,36). The number of amides is 2. The molecule has 1 saturated carbocycles. The lowest BCUT2D eigenvalue weighted by Crippen LogP contribution is -2.48. The minimum absolute atomic E-state index is 0.0349. The number of hydrogen-bond acceptors (Lipinski definition) is 3. The summed E-state index contributed by atoms with van der Waals surface area (Å²) in [6.07, 6.45) is 5.02. The van der Waals surface area contributed by atoms with Crippen LogP contribution in [-0.2, 0) is 9.59 Å². The Morgan fingerprint density at radius 2 is 1.61 bits per heavy atom. The summed E-state index contributed by atoms with van der Waals surface area (Å²) in [6.45, 7) is 1.68. The van der Waals surface area contributed by atoms with Gasteiger partial charge in [0.15, 0.2) is 0 Å². The van der Waals surface area contributed by atoms with Gasteiger partial charge in [-0.1, -0.05) is 55.7 Å². The molecule has 2 amide bonds. The average Bonchev–Trinajstić information content (AvgIpc) is 2.87. The molecular formula is C29H31F2N3O2. The second-order valence-corrected chi connectivity index (χ2v) is 9.21. The van der Waals surface area contributed by atoms with E-state index in [1.54, 1.807) is 18.2 Å². The quantitative estimate of drug-likeness (QED) is 0.412. The van der Waals surface area contributed by atoms with Gasteiger partial charge in [0.1, 0.15) is 17.7 Å². The highest BCUT2D eigenvalue weighted by Gasteiger charge is 2.35. The molecule has 3 aromatic carbocycles. The van der Waals surface area contributed by atoms with Crippen molar-refractivity contribution >= 4 is 23.2 Å². The second-order valence-electron chi connectivity index (χ2n) is 9.21. The van der Waals surface area contributed by atoms with Gasteiger partial charge in [-0.05, 0) is 67.3 Å². The lowest BCUT2D eigenvalue weighted by molar-refractivity contribution is -0.126. The molecule has 0 saturated heterocycles. The Labute approximate surface area is 210 Å². The van der Waals surface area contributed by atoms with E-state index in [4.69, 9.17) is 0 Å². The summed E-state index contributed by atoms with van der Waals surface area (Å²) >= 11 is 0. The summed E-state index contributed by atoms with van der Waals surface area (Å²) in [5, 5.41) is 6.08. The van der Waals surface area contributed by atoms with Crippen molar-refractivity contribution in [3.05, 3.63) is 95.6 Å². The van der Waals surface area contributed by atoms with E-state index in [1.165, 1.54) is 35.2 Å². The van der Waals surface area contributed by atoms with Gasteiger partial charge in [0.25, 0.3) is 0 Å². The van der Waals surface area contributed by atoms with Crippen molar-refractivity contribution in [2.24, 2.45) is 0 Å². The number of carbonyl (C=O) groups excluding carboxylic acids is 2. The molecule has 0 heterocycles. The third-order valence-corrected chi connectivity index (χ3v) is 6.56. The Bertz CT molecular complexity index is 1210. The fourth-order valence-corrected chi connectivity index (χ4v) is 4.74. The number of benzene rings is 3. The van der Waals surface area contributed by atoms with Crippen molar-refractivity contribution in [1.82, 2.24) is 5.32 Å². The van der Waals surface area contributed by atoms with Crippen LogP contribution in [0.3, 0.4) is 0 Å². The molecule has 1 aliphatic carbocycles. The van der Waals surface area contributed by atoms with Crippen LogP contribution in [-0.4, -0.2) is 24.4 Å². The van der Waals surface area contributed by atoms with Crippen molar-refractivity contribution in [1.29, 1.82) is 0 Å². The van der Waals surface area contributed by atoms with Crippen LogP contribution in [0.15, 0.2) is 72.8 Å². The van der Waals surface area contributed by atoms with E-state index in [1.807, 2.05) is 31.2 Å². The van der Waals surface area contributed by atoms with E-state index in [-0.39, 0.29) is 24.2 Å². The van der Waals surface area contributed by atoms with E-state index in [0.29, 0.717) is 11.3 Å². The lowest BCUT2D eigenvalue weighted by Gasteiger charge is -2.34. The maximum absolute atomic E-state index is 14.3. The van der Waals surface area contributed by atoms with E-state index in [9.17, 15) is 18.4 Å². The number of hydrogen-bond donors (Lipinski definition) is 2. The molecule has 0 spiro atoms. The zero-order chi connectivity index (χ0) is 25.5. The van der Waals surface area contributed by atoms with Crippen LogP contribution >= 0.6 is 0 Å². The SMILES string of the molecule is Cc1ccccc1C(C(=O)NC1CCCCC1)N(C(=O)CNc1cccc(F)c1)c1cccc(F)c1. The number of halogens is 2. The summed E-state index contributed by atoms with van der Waals surface area (Å²) in [7, 11) is 0. The van der Waals surface area contributed by atoms with Crippen molar-refractivity contribution < 1.29 is 18.4 Å². The third-order valence-electron chi connectivity index (χ3n) is 6.56. The predicted octanol–water partition coefficient (Wildman–Crippen LogP) is 5.91. The van der Waals surface area contributed by atoms with E-state index < -0.39 is 23.6 Å². The molecule has 7 heteroatoms. The van der Waals surface area contributed by atoms with E-state index >= 15 is 0 Å². The summed E-state index contributed by atoms with van der Waals surface area (Å²) < 4.78 is 28.0. The van der Waals surface area contributed by atoms with Crippen molar-refractivity contribution in [2.75, 3.05) is 16.8 Å². The molecule has 0 aromatic heterocycles. The van der Waals surface area contributed by atoms with Crippen LogP contribution in [0.25, 0.3) is 0 Å². The van der Waals surface area contributed by atoms with Gasteiger partial charge in [-0.15, -0.1) is 0 Å². The van der Waals surface area contributed by atoms with Crippen LogP contribution < -0.4 is 15.5 Å². The first-order valence-electron chi connectivity index (χ1n) is 12.4. The fourth-order valence-electron chi connectivity index (χ4n) is 4.74. The monoisotopic (exact) mass is 491 g/mol. The molecule has 2 N–H and O–H groups in total. The van der Waals surface area contributed by atoms with Gasteiger partial charge in [0, 0.05) is 17.4 Å². The maximum Gasteiger partial charge on any atom is 0.248 e. The van der Waals surface area contributed by atoms with Crippen LogP contribution in [0.1, 0.15) is 49.3 Å². The van der Waals surface area contributed by atoms with E-state index in [2.05, 4.69) is 10.6 Å². The first-order valence-corrected chi connectivity index (χ1v) is 12.4. The molecule has 5 nitrogen and oxygen atoms in total. The zero-order valence-corrected chi connectivity index (χ0v) is 20.3. The summed E-state index contributed by atoms with van der Waals surface area (Å²) in [5.74, 6) is -1.70. The van der Waals surface area contributed by atoms with Gasteiger partial charge in [-0.2, -0.15) is 0 Å². The Kier molecular flexibility index (Phi) is 8.31. The molecule has 1 fully saturated rings. The van der Waals surface area contributed by atoms with Crippen LogP contribution in [0.2, 0.25) is 0 Å². The van der Waals surface area contributed by atoms with Gasteiger partial charge < -0.3 is 10.6 Å². The highest BCUT2D eigenvalue weighted by atomic mass is 19.1. The molecule has 1 aliphatic rings. The normalized spacial score (nSPS) is 14.6. The molecule has 188 valence electrons. The Hall–Kier alpha value is -3.74. The van der Waals surface area contributed by atoms with Crippen LogP contribution in [0.4, 0.5) is 20.2 Å². The first-order chi connectivity index (χ1) is 17.4. The first kappa shape index (κ1) is 25.4. The van der Waals surface area contributed by atoms with Gasteiger partial charge in [-0.25, -0.2) is 8.78 Å². The van der Waals surface area contributed by atoms with Crippen LogP contribution in [0.5, 0.6) is 0 Å². The average molecular weight is 492 g/mol. The number of rotatable bonds is 8. The molecule has 36 heavy (non-hydrogen) atoms. The molecule has 0 aliphatic heterocycles. The molecule has 0 radical (unpaired) electrons. The number of anilines is 2. The van der Waals surface area contributed by atoms with Crippen molar-refractivity contribution in [3.63, 3.8) is 0 Å². The van der Waals surface area contributed by atoms with Gasteiger partial charge in [0.05, 0.1) is 6.54 Å². The minimum atomic E-state index is -1.00. The Morgan fingerprint density at radius 1 is 0.917 bits per heavy atom. The number of nitrogens with one attached hydrogen (secondary N) is 2. The van der Waals surface area contributed by atoms with Crippen molar-refractivity contribution in [2.45, 2.75) is 51.1 Å². The highest BCUT2D eigenvalue weighted by Crippen LogP contribution is 2.31. The summed E-state index contributed by atoms with van der Waals surface area (Å²) in [5.41, 5.74) is 2.21. The highest BCUT2D eigenvalue weighted by molar-refractivity contribution is 6.03. The molecule has 3 aromatic rings. The molecule has 1 atom stereocenters.